The van der Waals surface area contributed by atoms with E-state index in [4.69, 9.17) is 4.74 Å². The summed E-state index contributed by atoms with van der Waals surface area (Å²) < 4.78 is 33.8. The van der Waals surface area contributed by atoms with Gasteiger partial charge in [0.1, 0.15) is 12.3 Å². The molecule has 3 rings (SSSR count). The molecule has 32 heavy (non-hydrogen) atoms. The maximum absolute atomic E-state index is 13.6. The van der Waals surface area contributed by atoms with Crippen LogP contribution < -0.4 is 14.4 Å². The molecule has 0 saturated carbocycles. The number of hydrogen-bond acceptors (Lipinski definition) is 4. The van der Waals surface area contributed by atoms with Crippen molar-refractivity contribution in [2.75, 3.05) is 23.3 Å². The van der Waals surface area contributed by atoms with Gasteiger partial charge >= 0.3 is 0 Å². The lowest BCUT2D eigenvalue weighted by Crippen LogP contribution is -2.38. The summed E-state index contributed by atoms with van der Waals surface area (Å²) in [5, 5.41) is 2.85. The van der Waals surface area contributed by atoms with Crippen LogP contribution in [0.3, 0.4) is 0 Å². The highest BCUT2D eigenvalue weighted by molar-refractivity contribution is 7.92. The highest BCUT2D eigenvalue weighted by Crippen LogP contribution is 2.33. The van der Waals surface area contributed by atoms with Gasteiger partial charge in [0.25, 0.3) is 10.0 Å². The van der Waals surface area contributed by atoms with Gasteiger partial charge in [-0.15, -0.1) is 0 Å². The zero-order valence-electron chi connectivity index (χ0n) is 19.0. The molecule has 0 spiro atoms. The lowest BCUT2D eigenvalue weighted by atomic mass is 10.1. The van der Waals surface area contributed by atoms with Crippen LogP contribution in [-0.4, -0.2) is 28.0 Å². The minimum Gasteiger partial charge on any atom is -0.495 e. The van der Waals surface area contributed by atoms with Crippen LogP contribution >= 0.6 is 0 Å². The molecule has 0 aliphatic rings. The number of carbonyl (C=O) groups is 1. The summed E-state index contributed by atoms with van der Waals surface area (Å²) in [7, 11) is -2.56. The van der Waals surface area contributed by atoms with E-state index in [-0.39, 0.29) is 4.90 Å². The molecule has 0 aliphatic heterocycles. The van der Waals surface area contributed by atoms with Crippen LogP contribution in [-0.2, 0) is 14.8 Å². The van der Waals surface area contributed by atoms with Crippen molar-refractivity contribution in [3.05, 3.63) is 82.9 Å². The van der Waals surface area contributed by atoms with Crippen molar-refractivity contribution in [1.82, 2.24) is 0 Å². The van der Waals surface area contributed by atoms with Gasteiger partial charge in [-0.3, -0.25) is 9.10 Å². The van der Waals surface area contributed by atoms with Crippen LogP contribution in [0.2, 0.25) is 0 Å². The van der Waals surface area contributed by atoms with E-state index < -0.39 is 22.5 Å². The number of benzene rings is 3. The smallest absolute Gasteiger partial charge is 0.264 e. The lowest BCUT2D eigenvalue weighted by Gasteiger charge is -2.26. The highest BCUT2D eigenvalue weighted by Gasteiger charge is 2.29. The molecule has 7 heteroatoms. The van der Waals surface area contributed by atoms with E-state index in [0.717, 1.165) is 26.6 Å². The van der Waals surface area contributed by atoms with Gasteiger partial charge in [-0.2, -0.15) is 0 Å². The highest BCUT2D eigenvalue weighted by atomic mass is 32.2. The van der Waals surface area contributed by atoms with Gasteiger partial charge in [0.05, 0.1) is 17.7 Å². The van der Waals surface area contributed by atoms with Gasteiger partial charge in [0.15, 0.2) is 0 Å². The first-order chi connectivity index (χ1) is 15.1. The Morgan fingerprint density at radius 2 is 1.59 bits per heavy atom. The molecule has 0 heterocycles. The number of carbonyl (C=O) groups excluding carboxylic acids is 1. The van der Waals surface area contributed by atoms with Crippen molar-refractivity contribution in [3.8, 4) is 5.75 Å². The number of hydrogen-bond donors (Lipinski definition) is 1. The fraction of sp³-hybridized carbons (Fsp3) is 0.240. The summed E-state index contributed by atoms with van der Waals surface area (Å²) in [5.41, 5.74) is 4.72. The van der Waals surface area contributed by atoms with Gasteiger partial charge < -0.3 is 10.1 Å². The maximum atomic E-state index is 13.6. The number of sulfonamides is 1. The summed E-state index contributed by atoms with van der Waals surface area (Å²) >= 11 is 0. The molecule has 3 aromatic rings. The second-order valence-corrected chi connectivity index (χ2v) is 9.66. The SMILES string of the molecule is COc1ccc(C)cc1N(CC(=O)Nc1cccc(C)c1C)S(=O)(=O)c1ccc(C)cc1. The largest absolute Gasteiger partial charge is 0.495 e. The molecule has 1 N–H and O–H groups in total. The predicted octanol–water partition coefficient (Wildman–Crippen LogP) is 4.76. The van der Waals surface area contributed by atoms with E-state index in [0.29, 0.717) is 17.1 Å². The zero-order valence-corrected chi connectivity index (χ0v) is 19.8. The van der Waals surface area contributed by atoms with Crippen molar-refractivity contribution >= 4 is 27.3 Å². The quantitative estimate of drug-likeness (QED) is 0.561. The van der Waals surface area contributed by atoms with Crippen molar-refractivity contribution in [3.63, 3.8) is 0 Å². The first-order valence-corrected chi connectivity index (χ1v) is 11.7. The number of nitrogens with one attached hydrogen (secondary N) is 1. The first-order valence-electron chi connectivity index (χ1n) is 10.2. The third-order valence-electron chi connectivity index (χ3n) is 5.38. The summed E-state index contributed by atoms with van der Waals surface area (Å²) in [6.45, 7) is 7.21. The van der Waals surface area contributed by atoms with Crippen molar-refractivity contribution in [1.29, 1.82) is 0 Å². The average molecular weight is 453 g/mol. The van der Waals surface area contributed by atoms with Crippen LogP contribution in [0.25, 0.3) is 0 Å². The summed E-state index contributed by atoms with van der Waals surface area (Å²) in [6, 6.07) is 17.4. The zero-order chi connectivity index (χ0) is 23.5. The van der Waals surface area contributed by atoms with Crippen molar-refractivity contribution in [2.24, 2.45) is 0 Å². The Bertz CT molecular complexity index is 1240. The molecule has 1 amide bonds. The summed E-state index contributed by atoms with van der Waals surface area (Å²) in [4.78, 5) is 13.1. The Labute approximate surface area is 189 Å². The fourth-order valence-electron chi connectivity index (χ4n) is 3.34. The second-order valence-electron chi connectivity index (χ2n) is 7.80. The van der Waals surface area contributed by atoms with E-state index in [1.165, 1.54) is 7.11 Å². The van der Waals surface area contributed by atoms with E-state index >= 15 is 0 Å². The number of amides is 1. The van der Waals surface area contributed by atoms with Crippen LogP contribution in [0.1, 0.15) is 22.3 Å². The Morgan fingerprint density at radius 1 is 0.938 bits per heavy atom. The number of anilines is 2. The topological polar surface area (TPSA) is 75.7 Å². The van der Waals surface area contributed by atoms with Gasteiger partial charge in [0, 0.05) is 5.69 Å². The number of aryl methyl sites for hydroxylation is 3. The van der Waals surface area contributed by atoms with E-state index in [1.54, 1.807) is 42.5 Å². The standard InChI is InChI=1S/C25H28N2O4S/c1-17-9-12-21(13-10-17)32(29,30)27(23-15-18(2)11-14-24(23)31-5)16-25(28)26-22-8-6-7-19(3)20(22)4/h6-15H,16H2,1-5H3,(H,26,28). The lowest BCUT2D eigenvalue weighted by molar-refractivity contribution is -0.114. The fourth-order valence-corrected chi connectivity index (χ4v) is 4.76. The normalized spacial score (nSPS) is 11.2. The molecule has 0 aromatic heterocycles. The average Bonchev–Trinajstić information content (AvgIpc) is 2.75. The second kappa shape index (κ2) is 9.44. The Balaban J connectivity index is 2.05. The molecule has 3 aromatic carbocycles. The van der Waals surface area contributed by atoms with Gasteiger partial charge in [0.2, 0.25) is 5.91 Å². The summed E-state index contributed by atoms with van der Waals surface area (Å²) in [6.07, 6.45) is 0. The number of methoxy groups -OCH3 is 1. The number of rotatable bonds is 7. The molecular weight excluding hydrogens is 424 g/mol. The molecule has 0 radical (unpaired) electrons. The first kappa shape index (κ1) is 23.3. The van der Waals surface area contributed by atoms with Gasteiger partial charge in [-0.05, 0) is 74.7 Å². The molecule has 0 aliphatic carbocycles. The third-order valence-corrected chi connectivity index (χ3v) is 7.15. The van der Waals surface area contributed by atoms with E-state index in [2.05, 4.69) is 5.32 Å². The molecule has 0 saturated heterocycles. The van der Waals surface area contributed by atoms with Gasteiger partial charge in [-0.25, -0.2) is 8.42 Å². The van der Waals surface area contributed by atoms with Crippen molar-refractivity contribution < 1.29 is 17.9 Å². The number of nitrogens with zero attached hydrogens (tertiary/aromatic N) is 1. The predicted molar refractivity (Wildman–Crippen MR) is 128 cm³/mol. The Hall–Kier alpha value is -3.32. The third kappa shape index (κ3) is 4.94. The van der Waals surface area contributed by atoms with E-state index in [9.17, 15) is 13.2 Å². The molecular formula is C25H28N2O4S. The van der Waals surface area contributed by atoms with Gasteiger partial charge in [-0.1, -0.05) is 35.9 Å². The minimum atomic E-state index is -4.03. The Kier molecular flexibility index (Phi) is 6.89. The van der Waals surface area contributed by atoms with E-state index in [1.807, 2.05) is 45.9 Å². The molecule has 0 atom stereocenters. The molecule has 0 bridgehead atoms. The number of ether oxygens (including phenoxy) is 1. The summed E-state index contributed by atoms with van der Waals surface area (Å²) in [5.74, 6) is -0.0798. The Morgan fingerprint density at radius 3 is 2.25 bits per heavy atom. The molecule has 6 nitrogen and oxygen atoms in total. The maximum Gasteiger partial charge on any atom is 0.264 e. The molecule has 0 fully saturated rings. The van der Waals surface area contributed by atoms with Crippen LogP contribution in [0, 0.1) is 27.7 Å². The minimum absolute atomic E-state index is 0.103. The van der Waals surface area contributed by atoms with Crippen LogP contribution in [0.5, 0.6) is 5.75 Å². The van der Waals surface area contributed by atoms with Crippen LogP contribution in [0.15, 0.2) is 65.6 Å². The van der Waals surface area contributed by atoms with Crippen LogP contribution in [0.4, 0.5) is 11.4 Å². The molecule has 0 unspecified atom stereocenters. The molecule has 168 valence electrons. The van der Waals surface area contributed by atoms with Crippen molar-refractivity contribution in [2.45, 2.75) is 32.6 Å². The monoisotopic (exact) mass is 452 g/mol.